The van der Waals surface area contributed by atoms with Crippen molar-refractivity contribution in [2.24, 2.45) is 0 Å². The molecule has 1 saturated heterocycles. The molecule has 4 nitrogen and oxygen atoms in total. The molecule has 0 N–H and O–H groups in total. The van der Waals surface area contributed by atoms with Gasteiger partial charge in [-0.3, -0.25) is 4.79 Å². The van der Waals surface area contributed by atoms with Crippen molar-refractivity contribution in [3.63, 3.8) is 0 Å². The second kappa shape index (κ2) is 8.43. The van der Waals surface area contributed by atoms with Crippen LogP contribution < -0.4 is 4.90 Å². The van der Waals surface area contributed by atoms with E-state index in [1.165, 1.54) is 11.0 Å². The lowest BCUT2D eigenvalue weighted by Crippen LogP contribution is -2.49. The summed E-state index contributed by atoms with van der Waals surface area (Å²) in [5.41, 5.74) is -0.0967. The molecule has 1 fully saturated rings. The number of halogens is 6. The highest BCUT2D eigenvalue weighted by atomic mass is 35.5. The number of piperazine rings is 1. The smallest absolute Gasteiger partial charge is 0.289 e. The van der Waals surface area contributed by atoms with Crippen LogP contribution in [0, 0.1) is 23.3 Å². The van der Waals surface area contributed by atoms with Gasteiger partial charge in [-0.15, -0.1) is 0 Å². The van der Waals surface area contributed by atoms with Crippen LogP contribution in [0.15, 0.2) is 40.8 Å². The number of carbonyl (C=O) groups excluding carboxylic acids is 1. The van der Waals surface area contributed by atoms with E-state index >= 15 is 0 Å². The number of carbonyl (C=O) groups is 1. The lowest BCUT2D eigenvalue weighted by molar-refractivity contribution is 0.0715. The number of hydrogen-bond acceptors (Lipinski definition) is 3. The van der Waals surface area contributed by atoms with Gasteiger partial charge in [-0.1, -0.05) is 23.2 Å². The van der Waals surface area contributed by atoms with Crippen LogP contribution >= 0.6 is 23.2 Å². The monoisotopic (exact) mass is 472 g/mol. The highest BCUT2D eigenvalue weighted by molar-refractivity contribution is 6.31. The van der Waals surface area contributed by atoms with E-state index < -0.39 is 39.9 Å². The van der Waals surface area contributed by atoms with Gasteiger partial charge in [0.2, 0.25) is 0 Å². The SMILES string of the molecule is O=C(c1ccc(-c2ccc(Cl)cc2)o1)N1CCN(c2c(F)c(F)c(Cl)c(F)c2F)CC1. The molecule has 1 amide bonds. The van der Waals surface area contributed by atoms with Crippen molar-refractivity contribution >= 4 is 34.8 Å². The molecule has 31 heavy (non-hydrogen) atoms. The molecule has 0 radical (unpaired) electrons. The minimum atomic E-state index is -1.65. The highest BCUT2D eigenvalue weighted by Crippen LogP contribution is 2.34. The minimum absolute atomic E-state index is 0.0369. The van der Waals surface area contributed by atoms with E-state index in [1.54, 1.807) is 30.3 Å². The van der Waals surface area contributed by atoms with Gasteiger partial charge in [0.15, 0.2) is 29.0 Å². The predicted molar refractivity (Wildman–Crippen MR) is 109 cm³/mol. The molecule has 1 aliphatic rings. The van der Waals surface area contributed by atoms with E-state index in [2.05, 4.69) is 0 Å². The molecule has 2 aromatic carbocycles. The number of furan rings is 1. The van der Waals surface area contributed by atoms with Crippen molar-refractivity contribution in [1.29, 1.82) is 0 Å². The number of nitrogens with zero attached hydrogens (tertiary/aromatic N) is 2. The van der Waals surface area contributed by atoms with Crippen molar-refractivity contribution in [2.45, 2.75) is 0 Å². The molecule has 0 bridgehead atoms. The van der Waals surface area contributed by atoms with Crippen LogP contribution in [-0.2, 0) is 0 Å². The van der Waals surface area contributed by atoms with Crippen LogP contribution in [0.5, 0.6) is 0 Å². The van der Waals surface area contributed by atoms with Crippen LogP contribution in [0.2, 0.25) is 10.0 Å². The first-order valence-corrected chi connectivity index (χ1v) is 9.95. The number of rotatable bonds is 3. The summed E-state index contributed by atoms with van der Waals surface area (Å²) in [5, 5.41) is -0.667. The molecule has 1 aromatic heterocycles. The third-order valence-electron chi connectivity index (χ3n) is 5.02. The zero-order valence-electron chi connectivity index (χ0n) is 15.8. The molecule has 4 rings (SSSR count). The molecule has 0 aliphatic carbocycles. The van der Waals surface area contributed by atoms with Gasteiger partial charge in [-0.05, 0) is 36.4 Å². The summed E-state index contributed by atoms with van der Waals surface area (Å²) in [5.74, 6) is -6.27. The first kappa shape index (κ1) is 21.5. The Kier molecular flexibility index (Phi) is 5.85. The Bertz CT molecular complexity index is 1110. The summed E-state index contributed by atoms with van der Waals surface area (Å²) in [6.07, 6.45) is 0. The van der Waals surface area contributed by atoms with Gasteiger partial charge in [-0.25, -0.2) is 17.6 Å². The topological polar surface area (TPSA) is 36.7 Å². The molecule has 3 aromatic rings. The molecular formula is C21H14Cl2F4N2O2. The lowest BCUT2D eigenvalue weighted by atomic mass is 10.2. The second-order valence-electron chi connectivity index (χ2n) is 6.87. The molecule has 0 saturated carbocycles. The first-order valence-electron chi connectivity index (χ1n) is 9.19. The molecule has 10 heteroatoms. The van der Waals surface area contributed by atoms with Gasteiger partial charge in [0.1, 0.15) is 16.5 Å². The highest BCUT2D eigenvalue weighted by Gasteiger charge is 2.31. The van der Waals surface area contributed by atoms with E-state index in [-0.39, 0.29) is 31.9 Å². The molecule has 0 spiro atoms. The van der Waals surface area contributed by atoms with Crippen molar-refractivity contribution < 1.29 is 26.8 Å². The molecule has 0 unspecified atom stereocenters. The largest absolute Gasteiger partial charge is 0.451 e. The Morgan fingerprint density at radius 3 is 1.97 bits per heavy atom. The van der Waals surface area contributed by atoms with E-state index in [0.717, 1.165) is 10.5 Å². The number of hydrogen-bond donors (Lipinski definition) is 0. The third kappa shape index (κ3) is 3.97. The van der Waals surface area contributed by atoms with Gasteiger partial charge in [-0.2, -0.15) is 0 Å². The van der Waals surface area contributed by atoms with E-state index in [9.17, 15) is 22.4 Å². The minimum Gasteiger partial charge on any atom is -0.451 e. The van der Waals surface area contributed by atoms with Crippen LogP contribution in [0.3, 0.4) is 0 Å². The van der Waals surface area contributed by atoms with Gasteiger partial charge >= 0.3 is 0 Å². The molecule has 1 aliphatic heterocycles. The maximum atomic E-state index is 14.2. The fraction of sp³-hybridized carbons (Fsp3) is 0.190. The first-order chi connectivity index (χ1) is 14.8. The summed E-state index contributed by atoms with van der Waals surface area (Å²) < 4.78 is 61.5. The zero-order chi connectivity index (χ0) is 22.3. The molecule has 162 valence electrons. The van der Waals surface area contributed by atoms with Gasteiger partial charge < -0.3 is 14.2 Å². The fourth-order valence-electron chi connectivity index (χ4n) is 3.38. The van der Waals surface area contributed by atoms with Crippen molar-refractivity contribution in [1.82, 2.24) is 4.90 Å². The summed E-state index contributed by atoms with van der Waals surface area (Å²) in [4.78, 5) is 15.3. The van der Waals surface area contributed by atoms with E-state index in [0.29, 0.717) is 10.8 Å². The van der Waals surface area contributed by atoms with E-state index in [1.807, 2.05) is 0 Å². The van der Waals surface area contributed by atoms with Crippen LogP contribution in [0.25, 0.3) is 11.3 Å². The summed E-state index contributed by atoms with van der Waals surface area (Å²) in [6.45, 7) is 0.0663. The fourth-order valence-corrected chi connectivity index (χ4v) is 3.67. The average molecular weight is 473 g/mol. The molecular weight excluding hydrogens is 459 g/mol. The quantitative estimate of drug-likeness (QED) is 0.275. The van der Waals surface area contributed by atoms with Crippen molar-refractivity contribution in [3.05, 3.63) is 75.5 Å². The third-order valence-corrected chi connectivity index (χ3v) is 5.60. The molecule has 0 atom stereocenters. The van der Waals surface area contributed by atoms with Gasteiger partial charge in [0.25, 0.3) is 5.91 Å². The van der Waals surface area contributed by atoms with Crippen LogP contribution in [0.1, 0.15) is 10.6 Å². The predicted octanol–water partition coefficient (Wildman–Crippen LogP) is 5.77. The van der Waals surface area contributed by atoms with E-state index in [4.69, 9.17) is 27.6 Å². The van der Waals surface area contributed by atoms with Crippen LogP contribution in [-0.4, -0.2) is 37.0 Å². The average Bonchev–Trinajstić information content (AvgIpc) is 3.27. The normalized spacial score (nSPS) is 14.3. The Hall–Kier alpha value is -2.71. The number of benzene rings is 2. The Morgan fingerprint density at radius 2 is 1.39 bits per heavy atom. The Labute approximate surface area is 184 Å². The van der Waals surface area contributed by atoms with Crippen molar-refractivity contribution in [2.75, 3.05) is 31.1 Å². The molecule has 2 heterocycles. The maximum absolute atomic E-state index is 14.2. The maximum Gasteiger partial charge on any atom is 0.289 e. The standard InChI is InChI=1S/C21H14Cl2F4N2O2/c22-12-3-1-11(2-4-12)13-5-6-14(31-13)21(30)29-9-7-28(8-10-29)20-18(26)16(24)15(23)17(25)19(20)27/h1-6H,7-10H2. The van der Waals surface area contributed by atoms with Crippen LogP contribution in [0.4, 0.5) is 23.2 Å². The lowest BCUT2D eigenvalue weighted by Gasteiger charge is -2.36. The zero-order valence-corrected chi connectivity index (χ0v) is 17.3. The van der Waals surface area contributed by atoms with Crippen molar-refractivity contribution in [3.8, 4) is 11.3 Å². The summed E-state index contributed by atoms with van der Waals surface area (Å²) in [7, 11) is 0. The Balaban J connectivity index is 1.47. The summed E-state index contributed by atoms with van der Waals surface area (Å²) >= 11 is 11.1. The second-order valence-corrected chi connectivity index (χ2v) is 7.68. The Morgan fingerprint density at radius 1 is 0.806 bits per heavy atom. The number of anilines is 1. The van der Waals surface area contributed by atoms with Gasteiger partial charge in [0.05, 0.1) is 0 Å². The van der Waals surface area contributed by atoms with Gasteiger partial charge in [0, 0.05) is 36.8 Å². The summed E-state index contributed by atoms with van der Waals surface area (Å²) in [6, 6.07) is 10.1. The number of amides is 1.